The number of amides is 3. The highest BCUT2D eigenvalue weighted by molar-refractivity contribution is 5.96. The first-order valence-corrected chi connectivity index (χ1v) is 9.95. The van der Waals surface area contributed by atoms with E-state index in [1.54, 1.807) is 0 Å². The Balaban J connectivity index is 1.68. The maximum Gasteiger partial charge on any atom is 0.418 e. The largest absolute Gasteiger partial charge is 0.418 e. The number of carbonyl (C=O) groups is 2. The Kier molecular flexibility index (Phi) is 6.66. The molecule has 1 unspecified atom stereocenters. The predicted molar refractivity (Wildman–Crippen MR) is 101 cm³/mol. The Labute approximate surface area is 167 Å². The molecule has 1 saturated heterocycles. The van der Waals surface area contributed by atoms with Gasteiger partial charge in [0.1, 0.15) is 5.54 Å². The number of ether oxygens (including phenoxy) is 1. The highest BCUT2D eigenvalue weighted by atomic mass is 19.4. The summed E-state index contributed by atoms with van der Waals surface area (Å²) < 4.78 is 45.0. The van der Waals surface area contributed by atoms with Crippen LogP contribution < -0.4 is 16.0 Å². The lowest BCUT2D eigenvalue weighted by Crippen LogP contribution is -2.61. The molecule has 1 aliphatic carbocycles. The average Bonchev–Trinajstić information content (AvgIpc) is 3.20. The van der Waals surface area contributed by atoms with Gasteiger partial charge in [-0.2, -0.15) is 13.2 Å². The van der Waals surface area contributed by atoms with Gasteiger partial charge < -0.3 is 20.7 Å². The lowest BCUT2D eigenvalue weighted by atomic mass is 9.81. The molecule has 6 nitrogen and oxygen atoms in total. The molecule has 160 valence electrons. The molecule has 29 heavy (non-hydrogen) atoms. The fourth-order valence-electron chi connectivity index (χ4n) is 3.96. The van der Waals surface area contributed by atoms with Gasteiger partial charge in [0.05, 0.1) is 17.4 Å². The maximum atomic E-state index is 13.2. The van der Waals surface area contributed by atoms with E-state index in [4.69, 9.17) is 4.74 Å². The molecule has 2 aliphatic rings. The standard InChI is InChI=1S/C20H26F3N3O3/c21-20(22,23)15-8-2-3-9-16(15)25-18(28)26-19(10-4-1-5-11-19)17(27)24-13-14-7-6-12-29-14/h2-3,8-9,14H,1,4-7,10-13H2,(H,24,27)(H2,25,26,28). The van der Waals surface area contributed by atoms with Crippen LogP contribution in [0.1, 0.15) is 50.5 Å². The summed E-state index contributed by atoms with van der Waals surface area (Å²) in [5, 5.41) is 7.78. The van der Waals surface area contributed by atoms with Crippen molar-refractivity contribution in [2.75, 3.05) is 18.5 Å². The van der Waals surface area contributed by atoms with Crippen molar-refractivity contribution in [2.24, 2.45) is 0 Å². The smallest absolute Gasteiger partial charge is 0.376 e. The molecule has 3 amide bonds. The summed E-state index contributed by atoms with van der Waals surface area (Å²) in [5.41, 5.74) is -2.41. The number of halogens is 3. The van der Waals surface area contributed by atoms with Crippen molar-refractivity contribution >= 4 is 17.6 Å². The molecule has 9 heteroatoms. The maximum absolute atomic E-state index is 13.2. The highest BCUT2D eigenvalue weighted by Crippen LogP contribution is 2.35. The van der Waals surface area contributed by atoms with Gasteiger partial charge in [0.2, 0.25) is 5.91 Å². The second-order valence-electron chi connectivity index (χ2n) is 7.61. The van der Waals surface area contributed by atoms with E-state index in [0.717, 1.165) is 38.2 Å². The molecule has 1 saturated carbocycles. The van der Waals surface area contributed by atoms with E-state index in [-0.39, 0.29) is 17.7 Å². The molecule has 1 aromatic rings. The van der Waals surface area contributed by atoms with Crippen LogP contribution in [-0.2, 0) is 15.7 Å². The summed E-state index contributed by atoms with van der Waals surface area (Å²) in [6.45, 7) is 1.03. The second-order valence-corrected chi connectivity index (χ2v) is 7.61. The number of carbonyl (C=O) groups excluding carboxylic acids is 2. The van der Waals surface area contributed by atoms with Crippen molar-refractivity contribution in [1.82, 2.24) is 10.6 Å². The van der Waals surface area contributed by atoms with Crippen molar-refractivity contribution < 1.29 is 27.5 Å². The van der Waals surface area contributed by atoms with Crippen LogP contribution >= 0.6 is 0 Å². The fourth-order valence-corrected chi connectivity index (χ4v) is 3.96. The molecule has 1 atom stereocenters. The van der Waals surface area contributed by atoms with Gasteiger partial charge in [-0.1, -0.05) is 31.4 Å². The van der Waals surface area contributed by atoms with Crippen molar-refractivity contribution in [3.8, 4) is 0 Å². The summed E-state index contributed by atoms with van der Waals surface area (Å²) in [6, 6.07) is 3.94. The third-order valence-electron chi connectivity index (χ3n) is 5.49. The van der Waals surface area contributed by atoms with Crippen LogP contribution in [0.5, 0.6) is 0 Å². The van der Waals surface area contributed by atoms with E-state index in [2.05, 4.69) is 16.0 Å². The van der Waals surface area contributed by atoms with Crippen LogP contribution in [0.2, 0.25) is 0 Å². The lowest BCUT2D eigenvalue weighted by Gasteiger charge is -2.36. The zero-order valence-corrected chi connectivity index (χ0v) is 16.1. The fraction of sp³-hybridized carbons (Fsp3) is 0.600. The van der Waals surface area contributed by atoms with Crippen molar-refractivity contribution in [3.05, 3.63) is 29.8 Å². The van der Waals surface area contributed by atoms with E-state index in [0.29, 0.717) is 26.0 Å². The Morgan fingerprint density at radius 2 is 1.83 bits per heavy atom. The van der Waals surface area contributed by atoms with Crippen LogP contribution in [0, 0.1) is 0 Å². The Morgan fingerprint density at radius 3 is 2.48 bits per heavy atom. The van der Waals surface area contributed by atoms with Gasteiger partial charge in [-0.15, -0.1) is 0 Å². The number of benzene rings is 1. The number of hydrogen-bond donors (Lipinski definition) is 3. The van der Waals surface area contributed by atoms with Crippen molar-refractivity contribution in [1.29, 1.82) is 0 Å². The van der Waals surface area contributed by atoms with E-state index < -0.39 is 23.3 Å². The number of nitrogens with one attached hydrogen (secondary N) is 3. The summed E-state index contributed by atoms with van der Waals surface area (Å²) in [7, 11) is 0. The molecule has 3 rings (SSSR count). The highest BCUT2D eigenvalue weighted by Gasteiger charge is 2.41. The van der Waals surface area contributed by atoms with E-state index >= 15 is 0 Å². The first-order valence-electron chi connectivity index (χ1n) is 9.95. The zero-order valence-electron chi connectivity index (χ0n) is 16.1. The number of anilines is 1. The number of para-hydroxylation sites is 1. The van der Waals surface area contributed by atoms with Crippen LogP contribution in [-0.4, -0.2) is 36.7 Å². The predicted octanol–water partition coefficient (Wildman–Crippen LogP) is 3.83. The SMILES string of the molecule is O=C(Nc1ccccc1C(F)(F)F)NC1(C(=O)NCC2CCCO2)CCCCC1. The van der Waals surface area contributed by atoms with Gasteiger partial charge in [0.25, 0.3) is 0 Å². The topological polar surface area (TPSA) is 79.5 Å². The first-order chi connectivity index (χ1) is 13.8. The van der Waals surface area contributed by atoms with Crippen molar-refractivity contribution in [3.63, 3.8) is 0 Å². The van der Waals surface area contributed by atoms with E-state index in [9.17, 15) is 22.8 Å². The Hall–Kier alpha value is -2.29. The van der Waals surface area contributed by atoms with Gasteiger partial charge in [-0.05, 0) is 37.8 Å². The number of urea groups is 1. The van der Waals surface area contributed by atoms with Gasteiger partial charge in [-0.25, -0.2) is 4.79 Å². The normalized spacial score (nSPS) is 21.4. The molecule has 0 aromatic heterocycles. The molecule has 1 heterocycles. The van der Waals surface area contributed by atoms with Crippen LogP contribution in [0.15, 0.2) is 24.3 Å². The molecular formula is C20H26F3N3O3. The minimum absolute atomic E-state index is 0.0351. The van der Waals surface area contributed by atoms with Gasteiger partial charge in [0.15, 0.2) is 0 Å². The Bertz CT molecular complexity index is 727. The van der Waals surface area contributed by atoms with Crippen LogP contribution in [0.4, 0.5) is 23.7 Å². The van der Waals surface area contributed by atoms with Crippen LogP contribution in [0.3, 0.4) is 0 Å². The number of hydrogen-bond acceptors (Lipinski definition) is 3. The van der Waals surface area contributed by atoms with Crippen molar-refractivity contribution in [2.45, 2.75) is 62.8 Å². The summed E-state index contributed by atoms with van der Waals surface area (Å²) in [5.74, 6) is -0.313. The van der Waals surface area contributed by atoms with E-state index in [1.807, 2.05) is 0 Å². The number of rotatable bonds is 5. The number of alkyl halides is 3. The molecular weight excluding hydrogens is 387 g/mol. The van der Waals surface area contributed by atoms with Crippen LogP contribution in [0.25, 0.3) is 0 Å². The monoisotopic (exact) mass is 413 g/mol. The average molecular weight is 413 g/mol. The summed E-state index contributed by atoms with van der Waals surface area (Å²) in [6.07, 6.45) is 0.538. The summed E-state index contributed by atoms with van der Waals surface area (Å²) >= 11 is 0. The first kappa shape index (κ1) is 21.4. The third kappa shape index (κ3) is 5.41. The molecule has 3 N–H and O–H groups in total. The molecule has 2 fully saturated rings. The minimum atomic E-state index is -4.59. The van der Waals surface area contributed by atoms with E-state index in [1.165, 1.54) is 18.2 Å². The molecule has 0 spiro atoms. The molecule has 1 aliphatic heterocycles. The van der Waals surface area contributed by atoms with Gasteiger partial charge >= 0.3 is 12.2 Å². The zero-order chi connectivity index (χ0) is 20.9. The van der Waals surface area contributed by atoms with Gasteiger partial charge in [0, 0.05) is 13.2 Å². The third-order valence-corrected chi connectivity index (χ3v) is 5.49. The second kappa shape index (κ2) is 9.02. The minimum Gasteiger partial charge on any atom is -0.376 e. The quantitative estimate of drug-likeness (QED) is 0.687. The summed E-state index contributed by atoms with van der Waals surface area (Å²) in [4.78, 5) is 25.4. The molecule has 1 aromatic carbocycles. The van der Waals surface area contributed by atoms with Gasteiger partial charge in [-0.3, -0.25) is 4.79 Å². The lowest BCUT2D eigenvalue weighted by molar-refractivity contribution is -0.137. The molecule has 0 radical (unpaired) electrons. The Morgan fingerprint density at radius 1 is 1.10 bits per heavy atom. The molecule has 0 bridgehead atoms.